The number of amides is 1. The minimum absolute atomic E-state index is 0.0412. The van der Waals surface area contributed by atoms with Crippen LogP contribution in [0.1, 0.15) is 28.8 Å². The molecule has 0 radical (unpaired) electrons. The molecule has 2 heterocycles. The van der Waals surface area contributed by atoms with Gasteiger partial charge in [0, 0.05) is 29.7 Å². The Morgan fingerprint density at radius 2 is 1.65 bits per heavy atom. The van der Waals surface area contributed by atoms with Crippen LogP contribution in [0.4, 0.5) is 5.69 Å². The first-order valence-corrected chi connectivity index (χ1v) is 10.9. The summed E-state index contributed by atoms with van der Waals surface area (Å²) in [4.78, 5) is 14.7. The quantitative estimate of drug-likeness (QED) is 0.743. The van der Waals surface area contributed by atoms with Crippen LogP contribution in [0.5, 0.6) is 0 Å². The number of likely N-dealkylation sites (tertiary alicyclic amines) is 1. The summed E-state index contributed by atoms with van der Waals surface area (Å²) in [5, 5.41) is 0. The predicted octanol–water partition coefficient (Wildman–Crippen LogP) is 3.44. The Labute approximate surface area is 161 Å². The zero-order valence-electron chi connectivity index (χ0n) is 14.2. The van der Waals surface area contributed by atoms with Crippen LogP contribution in [-0.2, 0) is 16.4 Å². The number of anilines is 1. The molecule has 2 aliphatic rings. The molecular formula is C19H19BrN2O3S. The van der Waals surface area contributed by atoms with Gasteiger partial charge in [-0.1, -0.05) is 15.9 Å². The number of benzene rings is 2. The molecule has 0 saturated carbocycles. The van der Waals surface area contributed by atoms with Crippen molar-refractivity contribution in [2.45, 2.75) is 24.2 Å². The predicted molar refractivity (Wildman–Crippen MR) is 104 cm³/mol. The molecule has 1 saturated heterocycles. The number of carbonyl (C=O) groups excluding carboxylic acids is 1. The smallest absolute Gasteiger partial charge is 0.264 e. The third kappa shape index (κ3) is 3.03. The average molecular weight is 435 g/mol. The van der Waals surface area contributed by atoms with Crippen LogP contribution in [0, 0.1) is 0 Å². The molecule has 136 valence electrons. The van der Waals surface area contributed by atoms with Gasteiger partial charge in [-0.3, -0.25) is 9.10 Å². The van der Waals surface area contributed by atoms with Crippen molar-refractivity contribution >= 4 is 37.5 Å². The molecule has 0 spiro atoms. The van der Waals surface area contributed by atoms with Crippen molar-refractivity contribution in [2.75, 3.05) is 23.9 Å². The van der Waals surface area contributed by atoms with Crippen molar-refractivity contribution in [1.29, 1.82) is 0 Å². The van der Waals surface area contributed by atoms with E-state index in [2.05, 4.69) is 15.9 Å². The largest absolute Gasteiger partial charge is 0.339 e. The maximum atomic E-state index is 13.0. The van der Waals surface area contributed by atoms with Crippen LogP contribution in [0.25, 0.3) is 0 Å². The highest BCUT2D eigenvalue weighted by Gasteiger charge is 2.31. The number of hydrogen-bond acceptors (Lipinski definition) is 3. The second kappa shape index (κ2) is 6.70. The van der Waals surface area contributed by atoms with Gasteiger partial charge in [0.15, 0.2) is 0 Å². The summed E-state index contributed by atoms with van der Waals surface area (Å²) in [5.74, 6) is 0.0412. The summed E-state index contributed by atoms with van der Waals surface area (Å²) >= 11 is 3.33. The molecule has 1 amide bonds. The zero-order valence-corrected chi connectivity index (χ0v) is 16.6. The fourth-order valence-electron chi connectivity index (χ4n) is 3.59. The van der Waals surface area contributed by atoms with Gasteiger partial charge in [0.2, 0.25) is 0 Å². The van der Waals surface area contributed by atoms with Crippen molar-refractivity contribution in [2.24, 2.45) is 0 Å². The van der Waals surface area contributed by atoms with Crippen LogP contribution >= 0.6 is 15.9 Å². The van der Waals surface area contributed by atoms with E-state index < -0.39 is 10.0 Å². The van der Waals surface area contributed by atoms with Crippen molar-refractivity contribution < 1.29 is 13.2 Å². The molecule has 1 fully saturated rings. The summed E-state index contributed by atoms with van der Waals surface area (Å²) < 4.78 is 28.2. The van der Waals surface area contributed by atoms with Crippen molar-refractivity contribution in [1.82, 2.24) is 4.90 Å². The molecule has 26 heavy (non-hydrogen) atoms. The lowest BCUT2D eigenvalue weighted by atomic mass is 10.1. The first-order valence-electron chi connectivity index (χ1n) is 8.67. The van der Waals surface area contributed by atoms with E-state index in [9.17, 15) is 13.2 Å². The summed E-state index contributed by atoms with van der Waals surface area (Å²) in [7, 11) is -3.60. The van der Waals surface area contributed by atoms with Crippen LogP contribution in [0.3, 0.4) is 0 Å². The number of halogens is 1. The van der Waals surface area contributed by atoms with Crippen LogP contribution in [0.15, 0.2) is 51.8 Å². The maximum absolute atomic E-state index is 13.0. The lowest BCUT2D eigenvalue weighted by molar-refractivity contribution is 0.0792. The van der Waals surface area contributed by atoms with Gasteiger partial charge in [0.25, 0.3) is 15.9 Å². The van der Waals surface area contributed by atoms with Crippen molar-refractivity contribution in [3.05, 3.63) is 58.1 Å². The molecule has 0 unspecified atom stereocenters. The average Bonchev–Trinajstić information content (AvgIpc) is 3.31. The first kappa shape index (κ1) is 17.5. The fraction of sp³-hybridized carbons (Fsp3) is 0.316. The summed E-state index contributed by atoms with van der Waals surface area (Å²) in [6.07, 6.45) is 2.72. The SMILES string of the molecule is O=C(c1ccc2c(c1)CCN2S(=O)(=O)c1ccc(Br)cc1)N1CCCC1. The van der Waals surface area contributed by atoms with Gasteiger partial charge in [-0.25, -0.2) is 8.42 Å². The van der Waals surface area contributed by atoms with Crippen molar-refractivity contribution in [3.63, 3.8) is 0 Å². The summed E-state index contributed by atoms with van der Waals surface area (Å²) in [6.45, 7) is 2.01. The van der Waals surface area contributed by atoms with E-state index in [0.29, 0.717) is 24.2 Å². The van der Waals surface area contributed by atoms with Gasteiger partial charge in [-0.2, -0.15) is 0 Å². The van der Waals surface area contributed by atoms with E-state index in [1.807, 2.05) is 11.0 Å². The molecule has 2 aliphatic heterocycles. The molecule has 2 aromatic rings. The van der Waals surface area contributed by atoms with E-state index in [4.69, 9.17) is 0 Å². The number of rotatable bonds is 3. The molecule has 0 bridgehead atoms. The lowest BCUT2D eigenvalue weighted by Crippen LogP contribution is -2.29. The van der Waals surface area contributed by atoms with Gasteiger partial charge in [-0.05, 0) is 67.3 Å². The highest BCUT2D eigenvalue weighted by molar-refractivity contribution is 9.10. The minimum Gasteiger partial charge on any atom is -0.339 e. The monoisotopic (exact) mass is 434 g/mol. The standard InChI is InChI=1S/C19H19BrN2O3S/c20-16-4-6-17(7-5-16)26(24,25)22-12-9-14-13-15(3-8-18(14)22)19(23)21-10-1-2-11-21/h3-8,13H,1-2,9-12H2. The fourth-order valence-corrected chi connectivity index (χ4v) is 5.36. The lowest BCUT2D eigenvalue weighted by Gasteiger charge is -2.20. The van der Waals surface area contributed by atoms with E-state index in [1.165, 1.54) is 4.31 Å². The molecule has 5 nitrogen and oxygen atoms in total. The number of sulfonamides is 1. The number of carbonyl (C=O) groups is 1. The number of hydrogen-bond donors (Lipinski definition) is 0. The van der Waals surface area contributed by atoms with Gasteiger partial charge in [0.05, 0.1) is 10.6 Å². The van der Waals surface area contributed by atoms with Gasteiger partial charge >= 0.3 is 0 Å². The Hall–Kier alpha value is -1.86. The Bertz CT molecular complexity index is 951. The third-order valence-corrected chi connectivity index (χ3v) is 7.33. The molecule has 4 rings (SSSR count). The zero-order chi connectivity index (χ0) is 18.3. The highest BCUT2D eigenvalue weighted by Crippen LogP contribution is 2.34. The molecule has 2 aromatic carbocycles. The molecular weight excluding hydrogens is 416 g/mol. The molecule has 0 aliphatic carbocycles. The van der Waals surface area contributed by atoms with Crippen LogP contribution < -0.4 is 4.31 Å². The summed E-state index contributed by atoms with van der Waals surface area (Å²) in [5.41, 5.74) is 2.23. The van der Waals surface area contributed by atoms with Gasteiger partial charge in [0.1, 0.15) is 0 Å². The molecule has 7 heteroatoms. The molecule has 0 aromatic heterocycles. The molecule has 0 atom stereocenters. The topological polar surface area (TPSA) is 57.7 Å². The second-order valence-electron chi connectivity index (χ2n) is 6.62. The Morgan fingerprint density at radius 1 is 0.962 bits per heavy atom. The number of nitrogens with zero attached hydrogens (tertiary/aromatic N) is 2. The minimum atomic E-state index is -3.60. The van der Waals surface area contributed by atoms with E-state index in [1.54, 1.807) is 36.4 Å². The van der Waals surface area contributed by atoms with E-state index in [0.717, 1.165) is 36.0 Å². The Morgan fingerprint density at radius 3 is 2.35 bits per heavy atom. The normalized spacial score (nSPS) is 16.8. The van der Waals surface area contributed by atoms with Crippen LogP contribution in [-0.4, -0.2) is 38.9 Å². The first-order chi connectivity index (χ1) is 12.5. The Kier molecular flexibility index (Phi) is 4.52. The van der Waals surface area contributed by atoms with Gasteiger partial charge in [-0.15, -0.1) is 0 Å². The Balaban J connectivity index is 1.64. The second-order valence-corrected chi connectivity index (χ2v) is 9.40. The van der Waals surface area contributed by atoms with Crippen LogP contribution in [0.2, 0.25) is 0 Å². The van der Waals surface area contributed by atoms with E-state index in [-0.39, 0.29) is 10.8 Å². The highest BCUT2D eigenvalue weighted by atomic mass is 79.9. The van der Waals surface area contributed by atoms with Crippen molar-refractivity contribution in [3.8, 4) is 0 Å². The molecule has 0 N–H and O–H groups in total. The summed E-state index contributed by atoms with van der Waals surface area (Å²) in [6, 6.07) is 12.0. The third-order valence-electron chi connectivity index (χ3n) is 4.97. The van der Waals surface area contributed by atoms with E-state index >= 15 is 0 Å². The van der Waals surface area contributed by atoms with Gasteiger partial charge < -0.3 is 4.90 Å². The maximum Gasteiger partial charge on any atom is 0.264 e. The number of fused-ring (bicyclic) bond motifs is 1.